The zero-order valence-corrected chi connectivity index (χ0v) is 25.9. The Balaban J connectivity index is 1.40. The molecule has 0 radical (unpaired) electrons. The van der Waals surface area contributed by atoms with Crippen LogP contribution in [0.1, 0.15) is 58.9 Å². The Kier molecular flexibility index (Phi) is 7.75. The second-order valence-corrected chi connectivity index (χ2v) is 15.6. The monoisotopic (exact) mass is 595 g/mol. The average molecular weight is 596 g/mol. The van der Waals surface area contributed by atoms with Gasteiger partial charge in [0.15, 0.2) is 15.6 Å². The molecule has 5 rings (SSSR count). The van der Waals surface area contributed by atoms with Gasteiger partial charge in [-0.25, -0.2) is 13.4 Å². The van der Waals surface area contributed by atoms with Gasteiger partial charge in [-0.3, -0.25) is 14.4 Å². The minimum Gasteiger partial charge on any atom is -0.472 e. The van der Waals surface area contributed by atoms with Gasteiger partial charge in [-0.1, -0.05) is 52.0 Å². The van der Waals surface area contributed by atoms with Crippen molar-refractivity contribution in [3.8, 4) is 5.88 Å². The summed E-state index contributed by atoms with van der Waals surface area (Å²) < 4.78 is 31.6. The van der Waals surface area contributed by atoms with Crippen LogP contribution in [0.15, 0.2) is 43.1 Å². The molecule has 5 atom stereocenters. The summed E-state index contributed by atoms with van der Waals surface area (Å²) in [5, 5.41) is 4.27. The third-order valence-corrected chi connectivity index (χ3v) is 11.4. The van der Waals surface area contributed by atoms with Gasteiger partial charge in [-0.05, 0) is 48.6 Å². The number of likely N-dealkylation sites (tertiary alicyclic amines) is 1. The number of aryl methyl sites for hydroxylation is 1. The zero-order chi connectivity index (χ0) is 30.6. The Morgan fingerprint density at radius 3 is 2.48 bits per heavy atom. The van der Waals surface area contributed by atoms with E-state index in [1.165, 1.54) is 0 Å². The van der Waals surface area contributed by atoms with Crippen molar-refractivity contribution >= 4 is 38.2 Å². The Labute approximate surface area is 248 Å². The van der Waals surface area contributed by atoms with Gasteiger partial charge in [0.1, 0.15) is 23.4 Å². The van der Waals surface area contributed by atoms with Crippen LogP contribution in [0.5, 0.6) is 5.88 Å². The fourth-order valence-electron chi connectivity index (χ4n) is 5.82. The molecule has 1 N–H and O–H groups in total. The number of ketones is 1. The van der Waals surface area contributed by atoms with E-state index in [0.29, 0.717) is 25.1 Å². The summed E-state index contributed by atoms with van der Waals surface area (Å²) in [4.78, 5) is 47.1. The third kappa shape index (κ3) is 5.70. The molecule has 1 saturated heterocycles. The number of ether oxygens (including phenoxy) is 1. The van der Waals surface area contributed by atoms with E-state index in [9.17, 15) is 22.8 Å². The van der Waals surface area contributed by atoms with Gasteiger partial charge in [0.05, 0.1) is 11.8 Å². The molecular formula is C32H41N3O6S. The van der Waals surface area contributed by atoms with Crippen molar-refractivity contribution in [2.75, 3.05) is 12.3 Å². The van der Waals surface area contributed by atoms with Crippen molar-refractivity contribution in [1.29, 1.82) is 0 Å². The summed E-state index contributed by atoms with van der Waals surface area (Å²) in [7, 11) is -3.56. The van der Waals surface area contributed by atoms with Crippen molar-refractivity contribution < 1.29 is 27.5 Å². The number of aromatic nitrogens is 1. The topological polar surface area (TPSA) is 123 Å². The molecule has 2 heterocycles. The highest BCUT2D eigenvalue weighted by Crippen LogP contribution is 2.46. The quantitative estimate of drug-likeness (QED) is 0.415. The summed E-state index contributed by atoms with van der Waals surface area (Å²) in [6.07, 6.45) is 4.46. The number of benzene rings is 1. The fourth-order valence-corrected chi connectivity index (χ4v) is 7.53. The molecule has 0 spiro atoms. The largest absolute Gasteiger partial charge is 0.472 e. The van der Waals surface area contributed by atoms with Gasteiger partial charge in [-0.15, -0.1) is 6.58 Å². The van der Waals surface area contributed by atoms with Crippen molar-refractivity contribution in [2.45, 2.75) is 83.2 Å². The molecule has 2 saturated carbocycles. The van der Waals surface area contributed by atoms with Crippen LogP contribution in [-0.2, 0) is 24.2 Å². The standard InChI is InChI=1S/C32H41N3O6S/c1-7-21-15-32(21,27(36)18-42(39,40)23-12-13-23)34-28(37)26-14-22(17-35(26)30(38)20(3)31(4,5)6)41-29-25-11-9-8-10-24(25)19(2)16-33-29/h7-11,16,20-23,26H,1,12-15,17-18H2,2-6H3,(H,34,37)/t20-,21-,22-,26+,32-/m1/s1. The van der Waals surface area contributed by atoms with E-state index in [2.05, 4.69) is 16.9 Å². The molecule has 1 aromatic carbocycles. The van der Waals surface area contributed by atoms with Crippen molar-refractivity contribution in [3.05, 3.63) is 48.7 Å². The van der Waals surface area contributed by atoms with Crippen LogP contribution < -0.4 is 10.1 Å². The number of carbonyl (C=O) groups excluding carboxylic acids is 3. The first-order valence-corrected chi connectivity index (χ1v) is 16.4. The van der Waals surface area contributed by atoms with Gasteiger partial charge in [0, 0.05) is 29.8 Å². The SMILES string of the molecule is C=C[C@@H]1C[C@]1(NC(=O)[C@@H]1C[C@@H](Oc2ncc(C)c3ccccc23)CN1C(=O)[C@@H](C)C(C)(C)C)C(=O)CS(=O)(=O)C1CC1. The van der Waals surface area contributed by atoms with Crippen LogP contribution >= 0.6 is 0 Å². The number of nitrogens with one attached hydrogen (secondary N) is 1. The number of carbonyl (C=O) groups is 3. The molecular weight excluding hydrogens is 554 g/mol. The van der Waals surface area contributed by atoms with Crippen LogP contribution in [0, 0.1) is 24.2 Å². The zero-order valence-electron chi connectivity index (χ0n) is 25.1. The van der Waals surface area contributed by atoms with Gasteiger partial charge in [0.25, 0.3) is 0 Å². The number of nitrogens with zero attached hydrogens (tertiary/aromatic N) is 2. The maximum Gasteiger partial charge on any atom is 0.243 e. The molecule has 1 aromatic heterocycles. The Morgan fingerprint density at radius 2 is 1.88 bits per heavy atom. The molecule has 42 heavy (non-hydrogen) atoms. The number of amides is 2. The predicted octanol–water partition coefficient (Wildman–Crippen LogP) is 3.78. The third-order valence-electron chi connectivity index (χ3n) is 9.26. The smallest absolute Gasteiger partial charge is 0.243 e. The van der Waals surface area contributed by atoms with Crippen molar-refractivity contribution in [2.24, 2.45) is 17.3 Å². The Hall–Kier alpha value is -3.27. The normalized spacial score (nSPS) is 26.5. The molecule has 1 aliphatic heterocycles. The van der Waals surface area contributed by atoms with E-state index < -0.39 is 50.2 Å². The highest BCUT2D eigenvalue weighted by Gasteiger charge is 2.61. The molecule has 3 aliphatic rings. The molecule has 0 bridgehead atoms. The lowest BCUT2D eigenvalue weighted by Crippen LogP contribution is -2.55. The first-order chi connectivity index (χ1) is 19.7. The average Bonchev–Trinajstić information content (AvgIpc) is 3.86. The lowest BCUT2D eigenvalue weighted by atomic mass is 9.81. The number of hydrogen-bond donors (Lipinski definition) is 1. The second kappa shape index (κ2) is 10.8. The number of sulfone groups is 1. The molecule has 10 heteroatoms. The van der Waals surface area contributed by atoms with Crippen LogP contribution in [0.4, 0.5) is 0 Å². The first-order valence-electron chi connectivity index (χ1n) is 14.7. The lowest BCUT2D eigenvalue weighted by Gasteiger charge is -2.33. The summed E-state index contributed by atoms with van der Waals surface area (Å²) in [5.41, 5.74) is -0.652. The van der Waals surface area contributed by atoms with Gasteiger partial charge in [-0.2, -0.15) is 0 Å². The summed E-state index contributed by atoms with van der Waals surface area (Å²) in [5.74, 6) is -2.10. The maximum atomic E-state index is 13.9. The number of rotatable bonds is 10. The molecule has 3 fully saturated rings. The number of hydrogen-bond acceptors (Lipinski definition) is 7. The van der Waals surface area contributed by atoms with E-state index in [0.717, 1.165) is 16.3 Å². The number of pyridine rings is 1. The molecule has 9 nitrogen and oxygen atoms in total. The van der Waals surface area contributed by atoms with E-state index in [4.69, 9.17) is 4.74 Å². The molecule has 0 unspecified atom stereocenters. The van der Waals surface area contributed by atoms with E-state index >= 15 is 0 Å². The Bertz CT molecular complexity index is 1540. The van der Waals surface area contributed by atoms with Crippen LogP contribution in [0.3, 0.4) is 0 Å². The minimum atomic E-state index is -3.56. The summed E-state index contributed by atoms with van der Waals surface area (Å²) in [6.45, 7) is 13.7. The van der Waals surface area contributed by atoms with Crippen LogP contribution in [0.25, 0.3) is 10.8 Å². The Morgan fingerprint density at radius 1 is 1.21 bits per heavy atom. The fraction of sp³-hybridized carbons (Fsp3) is 0.562. The van der Waals surface area contributed by atoms with E-state index in [1.54, 1.807) is 17.2 Å². The highest BCUT2D eigenvalue weighted by atomic mass is 32.2. The van der Waals surface area contributed by atoms with Crippen molar-refractivity contribution in [1.82, 2.24) is 15.2 Å². The molecule has 2 aromatic rings. The highest BCUT2D eigenvalue weighted by molar-refractivity contribution is 7.93. The van der Waals surface area contributed by atoms with Crippen LogP contribution in [0.2, 0.25) is 0 Å². The van der Waals surface area contributed by atoms with Gasteiger partial charge < -0.3 is 15.0 Å². The molecule has 226 valence electrons. The lowest BCUT2D eigenvalue weighted by molar-refractivity contribution is -0.144. The number of Topliss-reactive ketones (excluding diaryl/α,β-unsaturated/α-hetero) is 1. The molecule has 2 aliphatic carbocycles. The van der Waals surface area contributed by atoms with Crippen LogP contribution in [-0.4, -0.2) is 71.1 Å². The minimum absolute atomic E-state index is 0.178. The van der Waals surface area contributed by atoms with Gasteiger partial charge in [0.2, 0.25) is 17.7 Å². The van der Waals surface area contributed by atoms with Gasteiger partial charge >= 0.3 is 0 Å². The first kappa shape index (κ1) is 30.2. The predicted molar refractivity (Wildman–Crippen MR) is 161 cm³/mol. The summed E-state index contributed by atoms with van der Waals surface area (Å²) in [6, 6.07) is 6.90. The second-order valence-electron chi connectivity index (χ2n) is 13.3. The number of fused-ring (bicyclic) bond motifs is 1. The van der Waals surface area contributed by atoms with E-state index in [1.807, 2.05) is 58.9 Å². The van der Waals surface area contributed by atoms with Crippen molar-refractivity contribution in [3.63, 3.8) is 0 Å². The van der Waals surface area contributed by atoms with E-state index in [-0.39, 0.29) is 36.1 Å². The summed E-state index contributed by atoms with van der Waals surface area (Å²) >= 11 is 0. The maximum absolute atomic E-state index is 13.9. The molecule has 2 amide bonds.